The molecule has 1 saturated heterocycles. The number of alkyl halides is 3. The topological polar surface area (TPSA) is 106 Å². The third kappa shape index (κ3) is 8.42. The Morgan fingerprint density at radius 2 is 1.54 bits per heavy atom. The molecule has 0 aromatic heterocycles. The van der Waals surface area contributed by atoms with Gasteiger partial charge in [0.25, 0.3) is 0 Å². The SMILES string of the molecule is CC(C)C[C@H](NC(c1ccc(-c2ccc(N3CCN(S(C)(=O)=O)CC3)cc2)cc1)C(F)(F)F)C(=O)NCC#N. The van der Waals surface area contributed by atoms with Crippen LogP contribution in [-0.4, -0.2) is 69.8 Å². The molecule has 39 heavy (non-hydrogen) atoms. The minimum atomic E-state index is -4.64. The van der Waals surface area contributed by atoms with Gasteiger partial charge in [0, 0.05) is 31.9 Å². The number of nitrogens with zero attached hydrogens (tertiary/aromatic N) is 3. The fourth-order valence-electron chi connectivity index (χ4n) is 4.56. The molecule has 1 aliphatic rings. The van der Waals surface area contributed by atoms with Crippen LogP contribution in [0, 0.1) is 17.2 Å². The minimum absolute atomic E-state index is 0.0199. The van der Waals surface area contributed by atoms with Gasteiger partial charge in [-0.05, 0) is 41.2 Å². The molecule has 1 aliphatic heterocycles. The van der Waals surface area contributed by atoms with Crippen molar-refractivity contribution in [2.75, 3.05) is 43.9 Å². The standard InChI is InChI=1S/C27H34F3N5O3S/c1-19(2)18-24(26(36)32-13-12-31)33-25(27(28,29)30)22-6-4-20(5-7-22)21-8-10-23(11-9-21)34-14-16-35(17-15-34)39(3,37)38/h4-11,19,24-25,33H,13-18H2,1-3H3,(H,32,36)/t24-,25?/m0/s1. The molecule has 1 unspecified atom stereocenters. The number of carbonyl (C=O) groups excluding carboxylic acids is 1. The van der Waals surface area contributed by atoms with E-state index in [-0.39, 0.29) is 24.4 Å². The molecule has 2 aromatic rings. The van der Waals surface area contributed by atoms with Gasteiger partial charge >= 0.3 is 6.18 Å². The highest BCUT2D eigenvalue weighted by molar-refractivity contribution is 7.88. The van der Waals surface area contributed by atoms with E-state index in [0.717, 1.165) is 16.8 Å². The smallest absolute Gasteiger partial charge is 0.369 e. The average Bonchev–Trinajstić information content (AvgIpc) is 2.88. The number of amides is 1. The highest BCUT2D eigenvalue weighted by Gasteiger charge is 2.43. The average molecular weight is 566 g/mol. The fraction of sp³-hybridized carbons (Fsp3) is 0.481. The van der Waals surface area contributed by atoms with Gasteiger partial charge in [-0.25, -0.2) is 8.42 Å². The number of anilines is 1. The van der Waals surface area contributed by atoms with E-state index >= 15 is 0 Å². The zero-order valence-electron chi connectivity index (χ0n) is 22.2. The van der Waals surface area contributed by atoms with Crippen LogP contribution in [0.1, 0.15) is 31.9 Å². The van der Waals surface area contributed by atoms with E-state index < -0.39 is 34.2 Å². The van der Waals surface area contributed by atoms with Crippen molar-refractivity contribution in [2.45, 2.75) is 38.5 Å². The minimum Gasteiger partial charge on any atom is -0.369 e. The van der Waals surface area contributed by atoms with E-state index in [0.29, 0.717) is 26.2 Å². The lowest BCUT2D eigenvalue weighted by atomic mass is 9.97. The molecule has 2 N–H and O–H groups in total. The Labute approximate surface area is 227 Å². The second-order valence-electron chi connectivity index (χ2n) is 10.0. The van der Waals surface area contributed by atoms with E-state index in [1.807, 2.05) is 38.1 Å². The second kappa shape index (κ2) is 12.8. The summed E-state index contributed by atoms with van der Waals surface area (Å²) < 4.78 is 67.1. The Kier molecular flexibility index (Phi) is 9.98. The molecule has 12 heteroatoms. The first kappa shape index (κ1) is 30.4. The van der Waals surface area contributed by atoms with Crippen LogP contribution < -0.4 is 15.5 Å². The summed E-state index contributed by atoms with van der Waals surface area (Å²) in [5.41, 5.74) is 2.48. The predicted octanol–water partition coefficient (Wildman–Crippen LogP) is 3.68. The van der Waals surface area contributed by atoms with Gasteiger partial charge in [-0.2, -0.15) is 22.7 Å². The normalized spacial score (nSPS) is 16.5. The second-order valence-corrected chi connectivity index (χ2v) is 12.0. The summed E-state index contributed by atoms with van der Waals surface area (Å²) in [5.74, 6) is -0.688. The number of halogens is 3. The largest absolute Gasteiger partial charge is 0.407 e. The highest BCUT2D eigenvalue weighted by Crippen LogP contribution is 2.35. The lowest BCUT2D eigenvalue weighted by Crippen LogP contribution is -2.49. The molecule has 2 atom stereocenters. The summed E-state index contributed by atoms with van der Waals surface area (Å²) in [7, 11) is -3.21. The number of nitriles is 1. The zero-order valence-corrected chi connectivity index (χ0v) is 23.0. The van der Waals surface area contributed by atoms with E-state index in [9.17, 15) is 26.4 Å². The summed E-state index contributed by atoms with van der Waals surface area (Å²) in [6.07, 6.45) is -3.26. The molecule has 212 valence electrons. The number of hydrogen-bond donors (Lipinski definition) is 2. The van der Waals surface area contributed by atoms with Gasteiger partial charge in [-0.1, -0.05) is 50.2 Å². The molecule has 1 fully saturated rings. The summed E-state index contributed by atoms with van der Waals surface area (Å²) in [6, 6.07) is 12.2. The molecule has 0 spiro atoms. The van der Waals surface area contributed by atoms with Crippen molar-refractivity contribution in [3.8, 4) is 17.2 Å². The fourth-order valence-corrected chi connectivity index (χ4v) is 5.39. The molecule has 0 saturated carbocycles. The molecule has 0 aliphatic carbocycles. The number of carbonyl (C=O) groups is 1. The first-order valence-corrected chi connectivity index (χ1v) is 14.5. The van der Waals surface area contributed by atoms with Gasteiger partial charge in [0.2, 0.25) is 15.9 Å². The van der Waals surface area contributed by atoms with E-state index in [4.69, 9.17) is 5.26 Å². The van der Waals surface area contributed by atoms with Crippen LogP contribution in [0.5, 0.6) is 0 Å². The Hall–Kier alpha value is -3.14. The van der Waals surface area contributed by atoms with E-state index in [1.54, 1.807) is 18.2 Å². The van der Waals surface area contributed by atoms with Crippen LogP contribution in [0.15, 0.2) is 48.5 Å². The van der Waals surface area contributed by atoms with Crippen LogP contribution in [-0.2, 0) is 14.8 Å². The Morgan fingerprint density at radius 1 is 1.00 bits per heavy atom. The van der Waals surface area contributed by atoms with Crippen LogP contribution in [0.4, 0.5) is 18.9 Å². The van der Waals surface area contributed by atoms with Crippen molar-refractivity contribution >= 4 is 21.6 Å². The number of nitrogens with one attached hydrogen (secondary N) is 2. The molecule has 1 heterocycles. The number of rotatable bonds is 10. The van der Waals surface area contributed by atoms with Crippen molar-refractivity contribution in [3.05, 3.63) is 54.1 Å². The predicted molar refractivity (Wildman–Crippen MR) is 144 cm³/mol. The van der Waals surface area contributed by atoms with E-state index in [2.05, 4.69) is 15.5 Å². The van der Waals surface area contributed by atoms with Crippen molar-refractivity contribution in [2.24, 2.45) is 5.92 Å². The third-order valence-corrected chi connectivity index (χ3v) is 7.88. The Balaban J connectivity index is 1.74. The van der Waals surface area contributed by atoms with Crippen LogP contribution in [0.3, 0.4) is 0 Å². The monoisotopic (exact) mass is 565 g/mol. The molecule has 0 bridgehead atoms. The van der Waals surface area contributed by atoms with Crippen LogP contribution in [0.25, 0.3) is 11.1 Å². The summed E-state index contributed by atoms with van der Waals surface area (Å²) >= 11 is 0. The Bertz CT molecular complexity index is 1250. The highest BCUT2D eigenvalue weighted by atomic mass is 32.2. The summed E-state index contributed by atoms with van der Waals surface area (Å²) in [5, 5.41) is 13.5. The first-order chi connectivity index (χ1) is 18.3. The number of piperazine rings is 1. The van der Waals surface area contributed by atoms with Gasteiger partial charge in [0.15, 0.2) is 0 Å². The van der Waals surface area contributed by atoms with Gasteiger partial charge < -0.3 is 10.2 Å². The number of benzene rings is 2. The lowest BCUT2D eigenvalue weighted by molar-refractivity contribution is -0.161. The molecule has 8 nitrogen and oxygen atoms in total. The van der Waals surface area contributed by atoms with Crippen molar-refractivity contribution < 1.29 is 26.4 Å². The third-order valence-electron chi connectivity index (χ3n) is 6.58. The maximum atomic E-state index is 14.1. The zero-order chi connectivity index (χ0) is 28.8. The van der Waals surface area contributed by atoms with Crippen LogP contribution >= 0.6 is 0 Å². The van der Waals surface area contributed by atoms with Gasteiger partial charge in [0.05, 0.1) is 18.4 Å². The van der Waals surface area contributed by atoms with Gasteiger partial charge in [0.1, 0.15) is 12.6 Å². The number of sulfonamides is 1. The van der Waals surface area contributed by atoms with E-state index in [1.165, 1.54) is 22.7 Å². The summed E-state index contributed by atoms with van der Waals surface area (Å²) in [4.78, 5) is 14.5. The van der Waals surface area contributed by atoms with Crippen LogP contribution in [0.2, 0.25) is 0 Å². The molecular weight excluding hydrogens is 531 g/mol. The lowest BCUT2D eigenvalue weighted by Gasteiger charge is -2.34. The number of hydrogen-bond acceptors (Lipinski definition) is 6. The van der Waals surface area contributed by atoms with Crippen molar-refractivity contribution in [1.82, 2.24) is 14.9 Å². The van der Waals surface area contributed by atoms with Crippen molar-refractivity contribution in [3.63, 3.8) is 0 Å². The maximum absolute atomic E-state index is 14.1. The molecule has 3 rings (SSSR count). The Morgan fingerprint density at radius 3 is 2.00 bits per heavy atom. The van der Waals surface area contributed by atoms with Crippen molar-refractivity contribution in [1.29, 1.82) is 5.26 Å². The molecule has 0 radical (unpaired) electrons. The molecule has 1 amide bonds. The van der Waals surface area contributed by atoms with Gasteiger partial charge in [-0.3, -0.25) is 10.1 Å². The molecule has 2 aromatic carbocycles. The quantitative estimate of drug-likeness (QED) is 0.426. The first-order valence-electron chi connectivity index (χ1n) is 12.7. The van der Waals surface area contributed by atoms with Gasteiger partial charge in [-0.15, -0.1) is 0 Å². The molecular formula is C27H34F3N5O3S. The summed E-state index contributed by atoms with van der Waals surface area (Å²) in [6.45, 7) is 5.30. The maximum Gasteiger partial charge on any atom is 0.407 e.